The highest BCUT2D eigenvalue weighted by atomic mass is 16.4. The molecule has 20 heavy (non-hydrogen) atoms. The molecule has 0 aliphatic heterocycles. The minimum absolute atomic E-state index is 0.281. The second-order valence-electron chi connectivity index (χ2n) is 5.37. The van der Waals surface area contributed by atoms with Crippen molar-refractivity contribution >= 4 is 16.8 Å². The number of benzene rings is 1. The van der Waals surface area contributed by atoms with Gasteiger partial charge in [-0.3, -0.25) is 4.57 Å². The molecule has 0 spiro atoms. The lowest BCUT2D eigenvalue weighted by atomic mass is 10.1. The largest absolute Gasteiger partial charge is 0.419 e. The lowest BCUT2D eigenvalue weighted by molar-refractivity contribution is 0.484. The summed E-state index contributed by atoms with van der Waals surface area (Å²) in [6.07, 6.45) is 8.62. The van der Waals surface area contributed by atoms with Crippen molar-refractivity contribution in [3.05, 3.63) is 28.7 Å². The molecule has 0 fully saturated rings. The molecule has 0 amide bonds. The zero-order chi connectivity index (χ0) is 14.4. The number of fused-ring (bicyclic) bond motifs is 1. The van der Waals surface area contributed by atoms with Gasteiger partial charge in [0.05, 0.1) is 5.52 Å². The number of anilines is 1. The molecule has 0 unspecified atom stereocenters. The van der Waals surface area contributed by atoms with Gasteiger partial charge in [0.2, 0.25) is 0 Å². The highest BCUT2D eigenvalue weighted by molar-refractivity contribution is 5.76. The summed E-state index contributed by atoms with van der Waals surface area (Å²) in [4.78, 5) is 11.8. The van der Waals surface area contributed by atoms with E-state index in [0.717, 1.165) is 18.4 Å². The lowest BCUT2D eigenvalue weighted by Gasteiger charge is -2.03. The fraction of sp³-hybridized carbons (Fsp3) is 0.562. The Kier molecular flexibility index (Phi) is 5.27. The Labute approximate surface area is 119 Å². The molecule has 1 aromatic carbocycles. The first-order chi connectivity index (χ1) is 9.72. The quantitative estimate of drug-likeness (QED) is 0.587. The van der Waals surface area contributed by atoms with Crippen LogP contribution in [0.25, 0.3) is 11.1 Å². The van der Waals surface area contributed by atoms with Crippen LogP contribution in [0.4, 0.5) is 5.69 Å². The Bertz CT molecular complexity index is 598. The van der Waals surface area contributed by atoms with E-state index in [-0.39, 0.29) is 5.76 Å². The summed E-state index contributed by atoms with van der Waals surface area (Å²) in [5.41, 5.74) is 7.85. The molecule has 0 saturated heterocycles. The number of hydrogen-bond donors (Lipinski definition) is 1. The average Bonchev–Trinajstić information content (AvgIpc) is 2.73. The molecule has 4 heteroatoms. The third-order valence-electron chi connectivity index (χ3n) is 3.68. The summed E-state index contributed by atoms with van der Waals surface area (Å²) < 4.78 is 6.91. The highest BCUT2D eigenvalue weighted by Gasteiger charge is 2.08. The third-order valence-corrected chi connectivity index (χ3v) is 3.68. The summed E-state index contributed by atoms with van der Waals surface area (Å²) in [5.74, 6) is -0.281. The number of hydrogen-bond acceptors (Lipinski definition) is 3. The monoisotopic (exact) mass is 276 g/mol. The standard InChI is InChI=1S/C16H24N2O2/c1-2-3-4-5-6-7-8-11-18-14-12-13(17)9-10-15(14)20-16(18)19/h9-10,12H,2-8,11,17H2,1H3. The van der Waals surface area contributed by atoms with E-state index in [0.29, 0.717) is 17.8 Å². The smallest absolute Gasteiger partial charge is 0.408 e. The van der Waals surface area contributed by atoms with Crippen molar-refractivity contribution in [2.24, 2.45) is 0 Å². The molecule has 2 rings (SSSR count). The fourth-order valence-electron chi connectivity index (χ4n) is 2.52. The first kappa shape index (κ1) is 14.7. The second-order valence-corrected chi connectivity index (χ2v) is 5.37. The van der Waals surface area contributed by atoms with E-state index >= 15 is 0 Å². The lowest BCUT2D eigenvalue weighted by Crippen LogP contribution is -2.14. The molecular formula is C16H24N2O2. The van der Waals surface area contributed by atoms with Crippen molar-refractivity contribution in [3.8, 4) is 0 Å². The summed E-state index contributed by atoms with van der Waals surface area (Å²) in [6.45, 7) is 2.94. The molecule has 0 aliphatic rings. The Hall–Kier alpha value is -1.71. The number of aromatic nitrogens is 1. The SMILES string of the molecule is CCCCCCCCCn1c(=O)oc2ccc(N)cc21. The zero-order valence-electron chi connectivity index (χ0n) is 12.2. The van der Waals surface area contributed by atoms with E-state index in [9.17, 15) is 4.79 Å². The topological polar surface area (TPSA) is 61.2 Å². The first-order valence-electron chi connectivity index (χ1n) is 7.61. The normalized spacial score (nSPS) is 11.2. The number of unbranched alkanes of at least 4 members (excludes halogenated alkanes) is 6. The first-order valence-corrected chi connectivity index (χ1v) is 7.61. The fourth-order valence-corrected chi connectivity index (χ4v) is 2.52. The maximum absolute atomic E-state index is 11.8. The number of rotatable bonds is 8. The summed E-state index contributed by atoms with van der Waals surface area (Å²) >= 11 is 0. The Morgan fingerprint density at radius 3 is 2.55 bits per heavy atom. The van der Waals surface area contributed by atoms with Gasteiger partial charge in [-0.1, -0.05) is 45.4 Å². The van der Waals surface area contributed by atoms with Crippen LogP contribution in [-0.2, 0) is 6.54 Å². The Balaban J connectivity index is 1.88. The van der Waals surface area contributed by atoms with E-state index in [4.69, 9.17) is 10.2 Å². The number of nitrogens with two attached hydrogens (primary N) is 1. The van der Waals surface area contributed by atoms with Crippen molar-refractivity contribution in [1.29, 1.82) is 0 Å². The average molecular weight is 276 g/mol. The van der Waals surface area contributed by atoms with Gasteiger partial charge in [0, 0.05) is 12.2 Å². The molecule has 2 N–H and O–H groups in total. The van der Waals surface area contributed by atoms with E-state index in [1.807, 2.05) is 6.07 Å². The number of nitrogen functional groups attached to an aromatic ring is 1. The van der Waals surface area contributed by atoms with Gasteiger partial charge in [-0.25, -0.2) is 4.79 Å². The molecule has 0 saturated carbocycles. The Morgan fingerprint density at radius 2 is 1.80 bits per heavy atom. The molecule has 0 atom stereocenters. The van der Waals surface area contributed by atoms with Crippen molar-refractivity contribution in [1.82, 2.24) is 4.57 Å². The zero-order valence-corrected chi connectivity index (χ0v) is 12.2. The van der Waals surface area contributed by atoms with Gasteiger partial charge in [-0.05, 0) is 24.6 Å². The predicted octanol–water partition coefficient (Wildman–Crippen LogP) is 3.93. The van der Waals surface area contributed by atoms with E-state index in [1.165, 1.54) is 32.1 Å². The molecule has 4 nitrogen and oxygen atoms in total. The molecule has 2 aromatic rings. The second kappa shape index (κ2) is 7.17. The van der Waals surface area contributed by atoms with Crippen LogP contribution >= 0.6 is 0 Å². The van der Waals surface area contributed by atoms with Crippen molar-refractivity contribution in [2.45, 2.75) is 58.4 Å². The molecule has 1 heterocycles. The summed E-state index contributed by atoms with van der Waals surface area (Å²) in [6, 6.07) is 5.32. The highest BCUT2D eigenvalue weighted by Crippen LogP contribution is 2.17. The van der Waals surface area contributed by atoms with Crippen LogP contribution in [0.2, 0.25) is 0 Å². The Morgan fingerprint density at radius 1 is 1.10 bits per heavy atom. The van der Waals surface area contributed by atoms with Crippen LogP contribution in [0, 0.1) is 0 Å². The number of oxazole rings is 1. The van der Waals surface area contributed by atoms with Crippen LogP contribution in [0.3, 0.4) is 0 Å². The summed E-state index contributed by atoms with van der Waals surface area (Å²) in [7, 11) is 0. The third kappa shape index (κ3) is 3.65. The summed E-state index contributed by atoms with van der Waals surface area (Å²) in [5, 5.41) is 0. The number of nitrogens with zero attached hydrogens (tertiary/aromatic N) is 1. The minimum atomic E-state index is -0.281. The maximum Gasteiger partial charge on any atom is 0.419 e. The van der Waals surface area contributed by atoms with Crippen molar-refractivity contribution in [3.63, 3.8) is 0 Å². The molecule has 0 aliphatic carbocycles. The minimum Gasteiger partial charge on any atom is -0.408 e. The van der Waals surface area contributed by atoms with Gasteiger partial charge in [-0.15, -0.1) is 0 Å². The van der Waals surface area contributed by atoms with Crippen molar-refractivity contribution in [2.75, 3.05) is 5.73 Å². The molecule has 0 radical (unpaired) electrons. The molecule has 0 bridgehead atoms. The van der Waals surface area contributed by atoms with Crippen LogP contribution in [0.15, 0.2) is 27.4 Å². The van der Waals surface area contributed by atoms with Gasteiger partial charge in [-0.2, -0.15) is 0 Å². The van der Waals surface area contributed by atoms with Crippen molar-refractivity contribution < 1.29 is 4.42 Å². The van der Waals surface area contributed by atoms with Gasteiger partial charge in [0.25, 0.3) is 0 Å². The van der Waals surface area contributed by atoms with Gasteiger partial charge in [0.15, 0.2) is 5.58 Å². The van der Waals surface area contributed by atoms with Crippen LogP contribution in [0.5, 0.6) is 0 Å². The van der Waals surface area contributed by atoms with Crippen LogP contribution in [-0.4, -0.2) is 4.57 Å². The van der Waals surface area contributed by atoms with E-state index < -0.39 is 0 Å². The van der Waals surface area contributed by atoms with Crippen LogP contribution in [0.1, 0.15) is 51.9 Å². The van der Waals surface area contributed by atoms with Gasteiger partial charge < -0.3 is 10.2 Å². The maximum atomic E-state index is 11.8. The van der Waals surface area contributed by atoms with Gasteiger partial charge in [0.1, 0.15) is 0 Å². The van der Waals surface area contributed by atoms with Crippen LogP contribution < -0.4 is 11.5 Å². The van der Waals surface area contributed by atoms with E-state index in [2.05, 4.69) is 6.92 Å². The number of aryl methyl sites for hydroxylation is 1. The molecule has 1 aromatic heterocycles. The van der Waals surface area contributed by atoms with E-state index in [1.54, 1.807) is 16.7 Å². The van der Waals surface area contributed by atoms with Gasteiger partial charge >= 0.3 is 5.76 Å². The molecular weight excluding hydrogens is 252 g/mol. The predicted molar refractivity (Wildman–Crippen MR) is 82.9 cm³/mol. The molecule has 110 valence electrons.